The van der Waals surface area contributed by atoms with Gasteiger partial charge in [0.15, 0.2) is 0 Å². The Morgan fingerprint density at radius 2 is 0.907 bits per heavy atom. The second kappa shape index (κ2) is 9.44. The van der Waals surface area contributed by atoms with Gasteiger partial charge in [0.05, 0.1) is 9.60 Å². The normalized spacial score (nSPS) is 14.0. The summed E-state index contributed by atoms with van der Waals surface area (Å²) >= 11 is 0. The van der Waals surface area contributed by atoms with E-state index in [-0.39, 0.29) is 57.7 Å². The Kier molecular flexibility index (Phi) is 3.95. The third-order valence-corrected chi connectivity index (χ3v) is 8.34. The zero-order valence-electron chi connectivity index (χ0n) is 29.9. The van der Waals surface area contributed by atoms with Gasteiger partial charge in [0, 0.05) is 10.8 Å². The maximum absolute atomic E-state index is 9.57. The fraction of sp³-hybridized carbons (Fsp3) is 0. The Hall–Kier alpha value is -5.66. The van der Waals surface area contributed by atoms with Crippen LogP contribution < -0.4 is 0 Å². The van der Waals surface area contributed by atoms with Gasteiger partial charge in [-0.05, 0) is 83.8 Å². The van der Waals surface area contributed by atoms with Crippen molar-refractivity contribution in [1.29, 1.82) is 0 Å². The summed E-state index contributed by atoms with van der Waals surface area (Å²) in [4.78, 5) is 0. The van der Waals surface area contributed by atoms with Crippen LogP contribution in [0.25, 0.3) is 87.6 Å². The van der Waals surface area contributed by atoms with E-state index in [2.05, 4.69) is 54.6 Å². The number of para-hydroxylation sites is 1. The molecule has 0 spiro atoms. The highest BCUT2D eigenvalue weighted by Crippen LogP contribution is 2.47. The van der Waals surface area contributed by atoms with Gasteiger partial charge in [-0.25, -0.2) is 0 Å². The summed E-state index contributed by atoms with van der Waals surface area (Å²) in [6, 6.07) is 36.7. The number of rotatable bonds is 3. The SMILES string of the molecule is [2H]c1c([2H])c([2H])c2c(oc3c([2H])c([2H])c(-c4c5ccccc5c(-c5ccc(-c6ccccc6)c6ccccc56)c5ccccc45)c([2H])c32)c1[2H]. The van der Waals surface area contributed by atoms with Crippen molar-refractivity contribution in [3.63, 3.8) is 0 Å². The molecule has 0 saturated carbocycles. The van der Waals surface area contributed by atoms with E-state index in [0.29, 0.717) is 5.56 Å². The fourth-order valence-electron chi connectivity index (χ4n) is 6.50. The molecule has 9 aromatic rings. The lowest BCUT2D eigenvalue weighted by molar-refractivity contribution is 0.669. The van der Waals surface area contributed by atoms with Crippen LogP contribution in [0.2, 0.25) is 0 Å². The van der Waals surface area contributed by atoms with Crippen LogP contribution in [-0.4, -0.2) is 0 Å². The highest BCUT2D eigenvalue weighted by atomic mass is 16.3. The first-order valence-electron chi connectivity index (χ1n) is 17.7. The van der Waals surface area contributed by atoms with Gasteiger partial charge in [-0.15, -0.1) is 0 Å². The van der Waals surface area contributed by atoms with E-state index in [1.807, 2.05) is 60.7 Å². The number of fused-ring (bicyclic) bond motifs is 6. The smallest absolute Gasteiger partial charge is 0.135 e. The van der Waals surface area contributed by atoms with Crippen molar-refractivity contribution in [2.45, 2.75) is 0 Å². The molecule has 9 rings (SSSR count). The van der Waals surface area contributed by atoms with Crippen LogP contribution in [0.15, 0.2) is 162 Å². The largest absolute Gasteiger partial charge is 0.456 e. The molecule has 0 saturated heterocycles. The summed E-state index contributed by atoms with van der Waals surface area (Å²) in [7, 11) is 0. The molecule has 0 aliphatic carbocycles. The molecule has 1 heterocycles. The van der Waals surface area contributed by atoms with Crippen LogP contribution in [-0.2, 0) is 0 Å². The zero-order valence-corrected chi connectivity index (χ0v) is 22.9. The average molecular weight is 554 g/mol. The van der Waals surface area contributed by atoms with Gasteiger partial charge >= 0.3 is 0 Å². The molecule has 0 aliphatic rings. The number of hydrogen-bond acceptors (Lipinski definition) is 1. The molecule has 1 nitrogen and oxygen atoms in total. The maximum atomic E-state index is 9.57. The van der Waals surface area contributed by atoms with E-state index in [1.54, 1.807) is 0 Å². The lowest BCUT2D eigenvalue weighted by Gasteiger charge is -2.19. The van der Waals surface area contributed by atoms with Crippen LogP contribution in [0, 0.1) is 0 Å². The molecule has 1 aromatic heterocycles. The molecule has 0 fully saturated rings. The van der Waals surface area contributed by atoms with E-state index >= 15 is 0 Å². The quantitative estimate of drug-likeness (QED) is 0.198. The van der Waals surface area contributed by atoms with Crippen LogP contribution in [0.3, 0.4) is 0 Å². The molecule has 0 aliphatic heterocycles. The summed E-state index contributed by atoms with van der Waals surface area (Å²) < 4.78 is 67.4. The summed E-state index contributed by atoms with van der Waals surface area (Å²) in [5, 5.41) is 5.79. The molecule has 43 heavy (non-hydrogen) atoms. The van der Waals surface area contributed by atoms with E-state index < -0.39 is 12.1 Å². The number of benzene rings is 8. The van der Waals surface area contributed by atoms with Crippen molar-refractivity contribution in [3.8, 4) is 33.4 Å². The third-order valence-electron chi connectivity index (χ3n) is 8.34. The van der Waals surface area contributed by atoms with Crippen molar-refractivity contribution in [2.24, 2.45) is 0 Å². The monoisotopic (exact) mass is 553 g/mol. The van der Waals surface area contributed by atoms with Crippen LogP contribution in [0.5, 0.6) is 0 Å². The summed E-state index contributed by atoms with van der Waals surface area (Å²) in [6.07, 6.45) is 0. The Morgan fingerprint density at radius 1 is 0.372 bits per heavy atom. The molecule has 0 radical (unpaired) electrons. The van der Waals surface area contributed by atoms with Gasteiger partial charge in [-0.2, -0.15) is 0 Å². The molecule has 0 amide bonds. The molecule has 0 N–H and O–H groups in total. The standard InChI is InChI=1S/C42H26O/c1-2-12-27(13-3-1)29-23-24-37(31-15-5-4-14-30(29)31)42-35-19-8-6-17-33(35)41(34-18-7-9-20-36(34)42)28-22-25-40-38(26-28)32-16-10-11-21-39(32)43-40/h1-26H/i10D,11D,16D,21D,22D,25D,26D. The summed E-state index contributed by atoms with van der Waals surface area (Å²) in [6.45, 7) is 0. The maximum Gasteiger partial charge on any atom is 0.135 e. The van der Waals surface area contributed by atoms with E-state index in [9.17, 15) is 2.74 Å². The predicted molar refractivity (Wildman–Crippen MR) is 183 cm³/mol. The second-order valence-electron chi connectivity index (χ2n) is 10.7. The minimum absolute atomic E-state index is 0.0426. The summed E-state index contributed by atoms with van der Waals surface area (Å²) in [5.41, 5.74) is 4.93. The second-order valence-corrected chi connectivity index (χ2v) is 10.7. The van der Waals surface area contributed by atoms with Gasteiger partial charge < -0.3 is 4.42 Å². The van der Waals surface area contributed by atoms with Crippen LogP contribution in [0.4, 0.5) is 0 Å². The molecular formula is C42H26O. The first kappa shape index (κ1) is 18.0. The van der Waals surface area contributed by atoms with Crippen LogP contribution >= 0.6 is 0 Å². The first-order valence-corrected chi connectivity index (χ1v) is 14.2. The first-order chi connectivity index (χ1) is 24.3. The molecule has 0 atom stereocenters. The third kappa shape index (κ3) is 3.65. The van der Waals surface area contributed by atoms with Crippen molar-refractivity contribution in [3.05, 3.63) is 158 Å². The van der Waals surface area contributed by atoms with Gasteiger partial charge in [-0.3, -0.25) is 0 Å². The molecule has 8 aromatic carbocycles. The van der Waals surface area contributed by atoms with Crippen molar-refractivity contribution >= 4 is 54.3 Å². The Morgan fingerprint density at radius 3 is 1.60 bits per heavy atom. The van der Waals surface area contributed by atoms with Crippen molar-refractivity contribution in [2.75, 3.05) is 0 Å². The average Bonchev–Trinajstić information content (AvgIpc) is 3.57. The minimum Gasteiger partial charge on any atom is -0.456 e. The Labute approximate surface area is 259 Å². The Balaban J connectivity index is 1.43. The topological polar surface area (TPSA) is 13.1 Å². The van der Waals surface area contributed by atoms with Gasteiger partial charge in [0.2, 0.25) is 0 Å². The lowest BCUT2D eigenvalue weighted by Crippen LogP contribution is -1.92. The van der Waals surface area contributed by atoms with Crippen molar-refractivity contribution in [1.82, 2.24) is 0 Å². The van der Waals surface area contributed by atoms with Crippen LogP contribution in [0.1, 0.15) is 9.60 Å². The van der Waals surface area contributed by atoms with E-state index in [0.717, 1.165) is 54.6 Å². The van der Waals surface area contributed by atoms with Gasteiger partial charge in [0.1, 0.15) is 11.2 Å². The van der Waals surface area contributed by atoms with Gasteiger partial charge in [-0.1, -0.05) is 139 Å². The fourth-order valence-corrected chi connectivity index (χ4v) is 6.50. The molecule has 1 heteroatoms. The van der Waals surface area contributed by atoms with E-state index in [1.165, 1.54) is 0 Å². The predicted octanol–water partition coefficient (Wildman–Crippen LogP) is 12.0. The molecule has 0 unspecified atom stereocenters. The number of hydrogen-bond donors (Lipinski definition) is 0. The summed E-state index contributed by atoms with van der Waals surface area (Å²) in [5.74, 6) is 0. The number of furan rings is 1. The molecule has 200 valence electrons. The van der Waals surface area contributed by atoms with E-state index in [4.69, 9.17) is 11.3 Å². The van der Waals surface area contributed by atoms with Gasteiger partial charge in [0.25, 0.3) is 0 Å². The molecule has 0 bridgehead atoms. The molecular weight excluding hydrogens is 520 g/mol. The Bertz CT molecular complexity index is 2840. The highest BCUT2D eigenvalue weighted by Gasteiger charge is 2.19. The lowest BCUT2D eigenvalue weighted by atomic mass is 9.83. The highest BCUT2D eigenvalue weighted by molar-refractivity contribution is 6.24. The minimum atomic E-state index is -0.456. The van der Waals surface area contributed by atoms with Crippen molar-refractivity contribution < 1.29 is 14.0 Å². The zero-order chi connectivity index (χ0) is 34.4.